The lowest BCUT2D eigenvalue weighted by Crippen LogP contribution is -2.37. The van der Waals surface area contributed by atoms with E-state index in [4.69, 9.17) is 22.8 Å². The number of benzene rings is 1. The molecule has 1 aromatic heterocycles. The fraction of sp³-hybridized carbons (Fsp3) is 0.176. The number of thiocarbonyl (C=S) groups is 1. The number of phenols is 1. The van der Waals surface area contributed by atoms with Gasteiger partial charge in [-0.15, -0.1) is 0 Å². The molecule has 0 aliphatic heterocycles. The number of ether oxygens (including phenoxy) is 1. The summed E-state index contributed by atoms with van der Waals surface area (Å²) in [7, 11) is 1.48. The number of hydrogen-bond donors (Lipinski definition) is 6. The van der Waals surface area contributed by atoms with Crippen molar-refractivity contribution in [1.82, 2.24) is 21.3 Å². The molecule has 0 aliphatic carbocycles. The maximum Gasteiger partial charge on any atom is 0.235 e. The van der Waals surface area contributed by atoms with Crippen LogP contribution in [-0.4, -0.2) is 33.9 Å². The second-order valence-corrected chi connectivity index (χ2v) is 6.99. The molecular weight excluding hydrogens is 414 g/mol. The molecule has 10 nitrogen and oxygen atoms in total. The molecule has 2 aromatic rings. The number of carbonyl (C=O) groups excluding carboxylic acids is 1. The van der Waals surface area contributed by atoms with Crippen LogP contribution in [0.1, 0.15) is 23.1 Å². The second-order valence-electron chi connectivity index (χ2n) is 5.59. The van der Waals surface area contributed by atoms with Gasteiger partial charge in [0.25, 0.3) is 0 Å². The summed E-state index contributed by atoms with van der Waals surface area (Å²) in [6.45, 7) is 3.21. The maximum atomic E-state index is 11.1. The molecule has 1 heterocycles. The molecule has 0 saturated carbocycles. The van der Waals surface area contributed by atoms with E-state index in [0.29, 0.717) is 22.3 Å². The third-order valence-corrected chi connectivity index (χ3v) is 4.73. The smallest absolute Gasteiger partial charge is 0.235 e. The van der Waals surface area contributed by atoms with Gasteiger partial charge < -0.3 is 9.84 Å². The quantitative estimate of drug-likeness (QED) is 0.164. The number of amides is 1. The number of aromatic nitrogens is 1. The van der Waals surface area contributed by atoms with Gasteiger partial charge >= 0.3 is 0 Å². The molecule has 0 radical (unpaired) electrons. The van der Waals surface area contributed by atoms with E-state index in [1.807, 2.05) is 6.92 Å². The number of carbonyl (C=O) groups is 1. The van der Waals surface area contributed by atoms with Gasteiger partial charge in [0.15, 0.2) is 11.5 Å². The third-order valence-electron chi connectivity index (χ3n) is 3.42. The molecule has 0 unspecified atom stereocenters. The van der Waals surface area contributed by atoms with E-state index in [2.05, 4.69) is 31.8 Å². The van der Waals surface area contributed by atoms with Gasteiger partial charge in [-0.2, -0.15) is 5.10 Å². The first-order chi connectivity index (χ1) is 13.8. The van der Waals surface area contributed by atoms with Gasteiger partial charge in [0.2, 0.25) is 16.2 Å². The van der Waals surface area contributed by atoms with Crippen LogP contribution in [0, 0.1) is 6.92 Å². The lowest BCUT2D eigenvalue weighted by atomic mass is 10.1. The molecule has 0 aliphatic rings. The summed E-state index contributed by atoms with van der Waals surface area (Å²) in [4.78, 5) is 16.2. The number of aromatic hydroxyl groups is 1. The van der Waals surface area contributed by atoms with Crippen LogP contribution in [-0.2, 0) is 4.79 Å². The molecule has 29 heavy (non-hydrogen) atoms. The largest absolute Gasteiger partial charge is 0.504 e. The van der Waals surface area contributed by atoms with Crippen molar-refractivity contribution in [3.63, 3.8) is 0 Å². The van der Waals surface area contributed by atoms with Crippen molar-refractivity contribution < 1.29 is 14.6 Å². The molecule has 0 atom stereocenters. The Kier molecular flexibility index (Phi) is 7.88. The minimum Gasteiger partial charge on any atom is -0.504 e. The molecule has 2 rings (SSSR count). The first-order valence-electron chi connectivity index (χ1n) is 8.23. The average molecular weight is 436 g/mol. The van der Waals surface area contributed by atoms with E-state index in [1.165, 1.54) is 31.4 Å². The number of hydrogen-bond acceptors (Lipinski definition) is 9. The second kappa shape index (κ2) is 10.4. The van der Waals surface area contributed by atoms with Crippen LogP contribution in [0.2, 0.25) is 0 Å². The summed E-state index contributed by atoms with van der Waals surface area (Å²) in [6, 6.07) is 4.95. The summed E-state index contributed by atoms with van der Waals surface area (Å²) in [5, 5.41) is 14.7. The Balaban J connectivity index is 2.35. The van der Waals surface area contributed by atoms with E-state index in [-0.39, 0.29) is 16.8 Å². The Morgan fingerprint density at radius 1 is 1.45 bits per heavy atom. The van der Waals surface area contributed by atoms with Crippen molar-refractivity contribution in [2.75, 3.05) is 12.5 Å². The summed E-state index contributed by atoms with van der Waals surface area (Å²) >= 11 is 6.26. The van der Waals surface area contributed by atoms with Crippen LogP contribution >= 0.6 is 23.6 Å². The van der Waals surface area contributed by atoms with Crippen molar-refractivity contribution in [1.29, 1.82) is 0 Å². The number of allylic oxidation sites excluding steroid dienone is 1. The molecule has 0 spiro atoms. The van der Waals surface area contributed by atoms with Gasteiger partial charge in [0, 0.05) is 6.92 Å². The van der Waals surface area contributed by atoms with E-state index >= 15 is 0 Å². The first kappa shape index (κ1) is 22.1. The molecule has 154 valence electrons. The minimum absolute atomic E-state index is 0.0477. The Morgan fingerprint density at radius 2 is 2.21 bits per heavy atom. The molecule has 7 N–H and O–H groups in total. The zero-order chi connectivity index (χ0) is 21.4. The predicted molar refractivity (Wildman–Crippen MR) is 118 cm³/mol. The van der Waals surface area contributed by atoms with Crippen molar-refractivity contribution in [2.24, 2.45) is 10.9 Å². The van der Waals surface area contributed by atoms with Gasteiger partial charge in [-0.1, -0.05) is 23.5 Å². The highest BCUT2D eigenvalue weighted by Gasteiger charge is 2.13. The summed E-state index contributed by atoms with van der Waals surface area (Å²) in [5.74, 6) is 5.43. The molecule has 0 fully saturated rings. The Hall–Kier alpha value is -3.22. The molecule has 12 heteroatoms. The summed E-state index contributed by atoms with van der Waals surface area (Å²) in [5.41, 5.74) is 12.2. The predicted octanol–water partition coefficient (Wildman–Crippen LogP) is 1.38. The van der Waals surface area contributed by atoms with Gasteiger partial charge in [0.05, 0.1) is 17.7 Å². The Bertz CT molecular complexity index is 956. The van der Waals surface area contributed by atoms with Crippen LogP contribution in [0.25, 0.3) is 6.08 Å². The number of rotatable bonds is 7. The molecule has 0 saturated heterocycles. The van der Waals surface area contributed by atoms with E-state index < -0.39 is 0 Å². The third kappa shape index (κ3) is 6.41. The van der Waals surface area contributed by atoms with Crippen LogP contribution in [0.5, 0.6) is 11.5 Å². The topological polar surface area (TPSA) is 146 Å². The molecular formula is C17H21N7O3S2. The van der Waals surface area contributed by atoms with Crippen molar-refractivity contribution in [2.45, 2.75) is 13.8 Å². The number of phenolic OH excluding ortho intramolecular Hbond substituents is 1. The minimum atomic E-state index is -0.240. The number of nitrogens with one attached hydrogen (secondary N) is 4. The highest BCUT2D eigenvalue weighted by molar-refractivity contribution is 7.80. The number of aryl methyl sites for hydroxylation is 1. The molecule has 1 aromatic carbocycles. The summed E-state index contributed by atoms with van der Waals surface area (Å²) in [6.07, 6.45) is 3.54. The number of nitrogens with two attached hydrogens (primary N) is 1. The lowest BCUT2D eigenvalue weighted by molar-refractivity contribution is -0.118. The first-order valence-corrected chi connectivity index (χ1v) is 9.46. The van der Waals surface area contributed by atoms with E-state index in [1.54, 1.807) is 24.3 Å². The van der Waals surface area contributed by atoms with Crippen molar-refractivity contribution in [3.05, 3.63) is 40.4 Å². The van der Waals surface area contributed by atoms with Crippen LogP contribution in [0.15, 0.2) is 29.4 Å². The van der Waals surface area contributed by atoms with Crippen LogP contribution < -0.4 is 32.3 Å². The van der Waals surface area contributed by atoms with Crippen molar-refractivity contribution in [3.8, 4) is 11.5 Å². The number of thiazole rings is 1. The van der Waals surface area contributed by atoms with Gasteiger partial charge in [-0.3, -0.25) is 26.5 Å². The maximum absolute atomic E-state index is 11.1. The number of methoxy groups -OCH3 is 1. The van der Waals surface area contributed by atoms with E-state index in [0.717, 1.165) is 10.4 Å². The lowest BCUT2D eigenvalue weighted by Gasteiger charge is -2.05. The number of nitrogens with zero attached hydrogens (tertiary/aromatic N) is 2. The number of hydrazine groups is 2. The van der Waals surface area contributed by atoms with Gasteiger partial charge in [-0.05, 0) is 42.9 Å². The fourth-order valence-corrected chi connectivity index (χ4v) is 3.04. The van der Waals surface area contributed by atoms with Crippen LogP contribution in [0.4, 0.5) is 5.13 Å². The normalized spacial score (nSPS) is 11.2. The SMILES string of the molecule is COc1cc(/C=C/C(=N\NC(=S)NN)c2sc(NNC(C)=O)nc2C)ccc1O. The zero-order valence-corrected chi connectivity index (χ0v) is 17.6. The van der Waals surface area contributed by atoms with Crippen LogP contribution in [0.3, 0.4) is 0 Å². The van der Waals surface area contributed by atoms with Crippen molar-refractivity contribution >= 4 is 51.5 Å². The monoisotopic (exact) mass is 435 g/mol. The summed E-state index contributed by atoms with van der Waals surface area (Å²) < 4.78 is 5.12. The fourth-order valence-electron chi connectivity index (χ4n) is 2.11. The Labute approximate surface area is 176 Å². The molecule has 0 bridgehead atoms. The van der Waals surface area contributed by atoms with E-state index in [9.17, 15) is 9.90 Å². The highest BCUT2D eigenvalue weighted by Crippen LogP contribution is 2.27. The Morgan fingerprint density at radius 3 is 2.86 bits per heavy atom. The standard InChI is InChI=1S/C17H21N7O3S2/c1-9-15(29-17(19-9)24-21-10(2)25)12(22-23-16(28)20-18)6-4-11-5-7-13(26)14(8-11)27-3/h4-8,26H,18H2,1-3H3,(H,19,24)(H,21,25)(H2,20,23,28)/b6-4+,22-12+. The molecule has 1 amide bonds. The highest BCUT2D eigenvalue weighted by atomic mass is 32.1. The van der Waals surface area contributed by atoms with Gasteiger partial charge in [-0.25, -0.2) is 10.8 Å². The average Bonchev–Trinajstić information content (AvgIpc) is 3.07. The van der Waals surface area contributed by atoms with Gasteiger partial charge in [0.1, 0.15) is 5.71 Å². The number of anilines is 1. The number of hydrazone groups is 1. The zero-order valence-electron chi connectivity index (χ0n) is 15.9.